The fourth-order valence-electron chi connectivity index (χ4n) is 5.75. The van der Waals surface area contributed by atoms with Crippen molar-refractivity contribution in [3.63, 3.8) is 0 Å². The summed E-state index contributed by atoms with van der Waals surface area (Å²) in [6.07, 6.45) is 3.03. The van der Waals surface area contributed by atoms with E-state index in [1.165, 1.54) is 38.7 Å². The second kappa shape index (κ2) is 11.4. The predicted octanol–water partition coefficient (Wildman–Crippen LogP) is 6.17. The van der Waals surface area contributed by atoms with Crippen LogP contribution in [0.15, 0.2) is 84.9 Å². The number of unbranched alkanes of at least 4 members (excludes halogenated alkanes) is 1. The van der Waals surface area contributed by atoms with E-state index in [4.69, 9.17) is 0 Å². The molecule has 1 aliphatic heterocycles. The molecule has 4 nitrogen and oxygen atoms in total. The zero-order valence-electron chi connectivity index (χ0n) is 21.2. The van der Waals surface area contributed by atoms with Gasteiger partial charge in [0.25, 0.3) is 5.91 Å². The van der Waals surface area contributed by atoms with Gasteiger partial charge in [0.05, 0.1) is 0 Å². The second-order valence-electron chi connectivity index (χ2n) is 10.00. The molecule has 6 rings (SSSR count). The van der Waals surface area contributed by atoms with Crippen LogP contribution < -0.4 is 10.2 Å². The molecule has 190 valence electrons. The van der Waals surface area contributed by atoms with Crippen LogP contribution in [0.3, 0.4) is 0 Å². The number of anilines is 1. The lowest BCUT2D eigenvalue weighted by atomic mass is 10.0. The number of amides is 1. The van der Waals surface area contributed by atoms with Crippen LogP contribution in [-0.2, 0) is 6.42 Å². The largest absolute Gasteiger partial charge is 0.368 e. The Kier molecular flexibility index (Phi) is 7.78. The fraction of sp³-hybridized carbons (Fsp3) is 0.281. The first-order chi connectivity index (χ1) is 17.8. The van der Waals surface area contributed by atoms with Gasteiger partial charge in [-0.25, -0.2) is 0 Å². The predicted molar refractivity (Wildman–Crippen MR) is 156 cm³/mol. The Morgan fingerprint density at radius 1 is 0.757 bits per heavy atom. The van der Waals surface area contributed by atoms with Crippen LogP contribution in [-0.4, -0.2) is 50.1 Å². The third kappa shape index (κ3) is 5.36. The summed E-state index contributed by atoms with van der Waals surface area (Å²) >= 11 is 0. The summed E-state index contributed by atoms with van der Waals surface area (Å²) < 4.78 is 0. The summed E-state index contributed by atoms with van der Waals surface area (Å²) in [5, 5.41) is 5.78. The van der Waals surface area contributed by atoms with Crippen molar-refractivity contribution in [2.45, 2.75) is 19.3 Å². The van der Waals surface area contributed by atoms with Crippen LogP contribution in [0.2, 0.25) is 0 Å². The molecule has 0 unspecified atom stereocenters. The molecule has 1 aliphatic carbocycles. The Hall–Kier alpha value is -3.34. The summed E-state index contributed by atoms with van der Waals surface area (Å²) in [6, 6.07) is 29.9. The molecule has 2 aliphatic rings. The molecule has 0 radical (unpaired) electrons. The second-order valence-corrected chi connectivity index (χ2v) is 10.00. The first-order valence-corrected chi connectivity index (χ1v) is 13.2. The van der Waals surface area contributed by atoms with Gasteiger partial charge in [0, 0.05) is 49.4 Å². The normalized spacial score (nSPS) is 14.6. The zero-order chi connectivity index (χ0) is 24.3. The molecule has 1 N–H and O–H groups in total. The highest BCUT2D eigenvalue weighted by molar-refractivity contribution is 5.96. The molecule has 1 saturated heterocycles. The first kappa shape index (κ1) is 25.3. The van der Waals surface area contributed by atoms with Crippen LogP contribution in [0.5, 0.6) is 0 Å². The van der Waals surface area contributed by atoms with Crippen molar-refractivity contribution in [1.29, 1.82) is 0 Å². The number of carbonyl (C=O) groups is 1. The zero-order valence-corrected chi connectivity index (χ0v) is 22.0. The van der Waals surface area contributed by atoms with E-state index < -0.39 is 0 Å². The monoisotopic (exact) mass is 511 g/mol. The minimum Gasteiger partial charge on any atom is -0.368 e. The van der Waals surface area contributed by atoms with Gasteiger partial charge < -0.3 is 10.2 Å². The van der Waals surface area contributed by atoms with Crippen molar-refractivity contribution in [3.8, 4) is 11.1 Å². The maximum Gasteiger partial charge on any atom is 0.251 e. The molecular weight excluding hydrogens is 478 g/mol. The lowest BCUT2D eigenvalue weighted by molar-refractivity contribution is 0.0952. The highest BCUT2D eigenvalue weighted by atomic mass is 35.5. The maximum atomic E-state index is 12.7. The number of benzene rings is 4. The van der Waals surface area contributed by atoms with E-state index in [1.807, 2.05) is 6.07 Å². The molecule has 4 aromatic carbocycles. The molecule has 0 atom stereocenters. The number of rotatable bonds is 7. The molecule has 0 bridgehead atoms. The van der Waals surface area contributed by atoms with Gasteiger partial charge in [-0.2, -0.15) is 0 Å². The van der Waals surface area contributed by atoms with Crippen molar-refractivity contribution >= 4 is 34.8 Å². The van der Waals surface area contributed by atoms with Gasteiger partial charge in [0.15, 0.2) is 0 Å². The van der Waals surface area contributed by atoms with E-state index >= 15 is 0 Å². The first-order valence-electron chi connectivity index (χ1n) is 13.2. The standard InChI is InChI=1S/C32H33N3O.ClH/c36-32(26-14-15-29-27(23-26)22-25-9-2-3-11-28(25)29)33-16-5-6-17-34-18-20-35(21-19-34)31-13-7-10-24-8-1-4-12-30(24)31;/h1-4,7-15,23H,5-6,16-22H2,(H,33,36);1H. The van der Waals surface area contributed by atoms with Crippen molar-refractivity contribution < 1.29 is 4.79 Å². The summed E-state index contributed by atoms with van der Waals surface area (Å²) in [5.74, 6) is 0.0393. The average Bonchev–Trinajstić information content (AvgIpc) is 3.31. The summed E-state index contributed by atoms with van der Waals surface area (Å²) in [7, 11) is 0. The molecule has 1 amide bonds. The van der Waals surface area contributed by atoms with Crippen LogP contribution in [0.4, 0.5) is 5.69 Å². The van der Waals surface area contributed by atoms with Gasteiger partial charge in [-0.1, -0.05) is 66.7 Å². The van der Waals surface area contributed by atoms with E-state index in [0.29, 0.717) is 0 Å². The average molecular weight is 512 g/mol. The van der Waals surface area contributed by atoms with E-state index in [2.05, 4.69) is 94.0 Å². The molecule has 0 aromatic heterocycles. The molecule has 0 saturated carbocycles. The number of nitrogens with zero attached hydrogens (tertiary/aromatic N) is 2. The van der Waals surface area contributed by atoms with Crippen LogP contribution >= 0.6 is 12.4 Å². The van der Waals surface area contributed by atoms with E-state index in [0.717, 1.165) is 64.1 Å². The van der Waals surface area contributed by atoms with Gasteiger partial charge >= 0.3 is 0 Å². The highest BCUT2D eigenvalue weighted by Crippen LogP contribution is 2.36. The summed E-state index contributed by atoms with van der Waals surface area (Å²) in [6.45, 7) is 6.13. The van der Waals surface area contributed by atoms with Gasteiger partial charge in [-0.3, -0.25) is 9.69 Å². The molecule has 0 spiro atoms. The Bertz CT molecular complexity index is 1390. The van der Waals surface area contributed by atoms with Crippen molar-refractivity contribution in [1.82, 2.24) is 10.2 Å². The van der Waals surface area contributed by atoms with Crippen molar-refractivity contribution in [3.05, 3.63) is 102 Å². The van der Waals surface area contributed by atoms with Gasteiger partial charge in [0.2, 0.25) is 0 Å². The summed E-state index contributed by atoms with van der Waals surface area (Å²) in [5.41, 5.74) is 7.30. The quantitative estimate of drug-likeness (QED) is 0.266. The Labute approximate surface area is 225 Å². The Balaban J connectivity index is 0.00000280. The number of piperazine rings is 1. The number of hydrogen-bond donors (Lipinski definition) is 1. The molecule has 5 heteroatoms. The van der Waals surface area contributed by atoms with E-state index in [9.17, 15) is 4.79 Å². The molecule has 1 fully saturated rings. The van der Waals surface area contributed by atoms with Gasteiger partial charge in [-0.15, -0.1) is 12.4 Å². The fourth-order valence-corrected chi connectivity index (χ4v) is 5.75. The highest BCUT2D eigenvalue weighted by Gasteiger charge is 2.20. The SMILES string of the molecule is Cl.O=C(NCCCCN1CCN(c2cccc3ccccc23)CC1)c1ccc2c(c1)Cc1ccccc1-2. The van der Waals surface area contributed by atoms with E-state index in [1.54, 1.807) is 0 Å². The Morgan fingerprint density at radius 2 is 1.51 bits per heavy atom. The van der Waals surface area contributed by atoms with Gasteiger partial charge in [0.1, 0.15) is 0 Å². The van der Waals surface area contributed by atoms with Crippen molar-refractivity contribution in [2.24, 2.45) is 0 Å². The molecule has 1 heterocycles. The maximum absolute atomic E-state index is 12.7. The Morgan fingerprint density at radius 3 is 2.41 bits per heavy atom. The van der Waals surface area contributed by atoms with Crippen LogP contribution in [0, 0.1) is 0 Å². The minimum absolute atomic E-state index is 0. The number of hydrogen-bond acceptors (Lipinski definition) is 3. The minimum atomic E-state index is 0. The lowest BCUT2D eigenvalue weighted by Gasteiger charge is -2.36. The smallest absolute Gasteiger partial charge is 0.251 e. The third-order valence-corrected chi connectivity index (χ3v) is 7.72. The van der Waals surface area contributed by atoms with Crippen LogP contribution in [0.25, 0.3) is 21.9 Å². The molecule has 37 heavy (non-hydrogen) atoms. The number of halogens is 1. The van der Waals surface area contributed by atoms with Crippen LogP contribution in [0.1, 0.15) is 34.3 Å². The lowest BCUT2D eigenvalue weighted by Crippen LogP contribution is -2.46. The van der Waals surface area contributed by atoms with E-state index in [-0.39, 0.29) is 18.3 Å². The molecule has 4 aromatic rings. The molecular formula is C32H34ClN3O. The van der Waals surface area contributed by atoms with Gasteiger partial charge in [-0.05, 0) is 71.6 Å². The number of fused-ring (bicyclic) bond motifs is 4. The topological polar surface area (TPSA) is 35.6 Å². The third-order valence-electron chi connectivity index (χ3n) is 7.72. The summed E-state index contributed by atoms with van der Waals surface area (Å²) in [4.78, 5) is 17.8. The number of carbonyl (C=O) groups excluding carboxylic acids is 1. The number of nitrogens with one attached hydrogen (secondary N) is 1. The van der Waals surface area contributed by atoms with Crippen molar-refractivity contribution in [2.75, 3.05) is 44.2 Å².